The molecule has 0 saturated heterocycles. The van der Waals surface area contributed by atoms with Crippen LogP contribution in [0.4, 0.5) is 0 Å². The van der Waals surface area contributed by atoms with Gasteiger partial charge in [-0.2, -0.15) is 11.8 Å². The van der Waals surface area contributed by atoms with Gasteiger partial charge in [-0.25, -0.2) is 4.98 Å². The van der Waals surface area contributed by atoms with Crippen LogP contribution in [-0.4, -0.2) is 28.9 Å². The molecular formula is C15H17ClN2OS2. The molecule has 1 atom stereocenters. The molecule has 1 amide bonds. The number of thioether (sulfide) groups is 1. The minimum Gasteiger partial charge on any atom is -0.351 e. The zero-order valence-electron chi connectivity index (χ0n) is 11.9. The standard InChI is InChI=1S/C15H17ClN2OS2/c1-10(20-2)8-17-14(19)11-4-3-5-12(6-11)15-18-13(7-16)9-21-15/h3-6,9-10H,7-8H2,1-2H3,(H,17,19). The second-order valence-corrected chi connectivity index (χ2v) is 7.02. The molecule has 0 fully saturated rings. The Morgan fingerprint density at radius 3 is 3.00 bits per heavy atom. The molecule has 112 valence electrons. The van der Waals surface area contributed by atoms with E-state index in [1.165, 1.54) is 11.3 Å². The Kier molecular flexibility index (Phi) is 6.08. The number of thiazole rings is 1. The van der Waals surface area contributed by atoms with E-state index in [9.17, 15) is 4.79 Å². The van der Waals surface area contributed by atoms with Crippen molar-refractivity contribution in [2.45, 2.75) is 18.1 Å². The van der Waals surface area contributed by atoms with Crippen LogP contribution in [0.2, 0.25) is 0 Å². The summed E-state index contributed by atoms with van der Waals surface area (Å²) in [5, 5.41) is 6.18. The first-order valence-corrected chi connectivity index (χ1v) is 9.26. The van der Waals surface area contributed by atoms with E-state index in [1.54, 1.807) is 11.8 Å². The van der Waals surface area contributed by atoms with Crippen molar-refractivity contribution in [1.29, 1.82) is 0 Å². The predicted molar refractivity (Wildman–Crippen MR) is 92.4 cm³/mol. The van der Waals surface area contributed by atoms with Crippen LogP contribution in [-0.2, 0) is 5.88 Å². The summed E-state index contributed by atoms with van der Waals surface area (Å²) in [5.41, 5.74) is 2.46. The lowest BCUT2D eigenvalue weighted by Gasteiger charge is -2.10. The largest absolute Gasteiger partial charge is 0.351 e. The van der Waals surface area contributed by atoms with Gasteiger partial charge >= 0.3 is 0 Å². The Balaban J connectivity index is 2.11. The summed E-state index contributed by atoms with van der Waals surface area (Å²) in [4.78, 5) is 16.6. The number of carbonyl (C=O) groups is 1. The van der Waals surface area contributed by atoms with Crippen molar-refractivity contribution in [3.8, 4) is 10.6 Å². The molecule has 0 radical (unpaired) electrons. The first-order chi connectivity index (χ1) is 10.1. The summed E-state index contributed by atoms with van der Waals surface area (Å²) in [7, 11) is 0. The molecule has 1 unspecified atom stereocenters. The second-order valence-electron chi connectivity index (χ2n) is 4.61. The first kappa shape index (κ1) is 16.3. The zero-order valence-corrected chi connectivity index (χ0v) is 14.3. The topological polar surface area (TPSA) is 42.0 Å². The van der Waals surface area contributed by atoms with E-state index in [2.05, 4.69) is 17.2 Å². The van der Waals surface area contributed by atoms with E-state index in [0.29, 0.717) is 23.2 Å². The highest BCUT2D eigenvalue weighted by molar-refractivity contribution is 7.99. The number of alkyl halides is 1. The minimum absolute atomic E-state index is 0.0492. The molecule has 1 N–H and O–H groups in total. The zero-order chi connectivity index (χ0) is 15.2. The molecule has 0 saturated carbocycles. The molecule has 2 rings (SSSR count). The Labute approximate surface area is 138 Å². The average Bonchev–Trinajstić information content (AvgIpc) is 3.01. The lowest BCUT2D eigenvalue weighted by atomic mass is 10.1. The lowest BCUT2D eigenvalue weighted by molar-refractivity contribution is 0.0954. The van der Waals surface area contributed by atoms with Gasteiger partial charge in [0, 0.05) is 28.3 Å². The fourth-order valence-corrected chi connectivity index (χ4v) is 3.01. The number of hydrogen-bond donors (Lipinski definition) is 1. The third-order valence-corrected chi connectivity index (χ3v) is 5.20. The van der Waals surface area contributed by atoms with E-state index in [0.717, 1.165) is 16.3 Å². The third-order valence-electron chi connectivity index (χ3n) is 3.01. The van der Waals surface area contributed by atoms with Crippen molar-refractivity contribution in [2.24, 2.45) is 0 Å². The van der Waals surface area contributed by atoms with Gasteiger partial charge in [-0.05, 0) is 18.4 Å². The summed E-state index contributed by atoms with van der Waals surface area (Å²) in [6.07, 6.45) is 2.04. The van der Waals surface area contributed by atoms with E-state index < -0.39 is 0 Å². The maximum Gasteiger partial charge on any atom is 0.251 e. The molecule has 6 heteroatoms. The SMILES string of the molecule is CSC(C)CNC(=O)c1cccc(-c2nc(CCl)cs2)c1. The normalized spacial score (nSPS) is 12.1. The van der Waals surface area contributed by atoms with Crippen molar-refractivity contribution in [3.05, 3.63) is 40.9 Å². The van der Waals surface area contributed by atoms with Gasteiger partial charge in [-0.3, -0.25) is 4.79 Å². The fraction of sp³-hybridized carbons (Fsp3) is 0.333. The number of hydrogen-bond acceptors (Lipinski definition) is 4. The number of rotatable bonds is 6. The summed E-state index contributed by atoms with van der Waals surface area (Å²) >= 11 is 9.04. The quantitative estimate of drug-likeness (QED) is 0.807. The van der Waals surface area contributed by atoms with Crippen molar-refractivity contribution < 1.29 is 4.79 Å². The summed E-state index contributed by atoms with van der Waals surface area (Å²) < 4.78 is 0. The van der Waals surface area contributed by atoms with E-state index in [4.69, 9.17) is 11.6 Å². The highest BCUT2D eigenvalue weighted by Gasteiger charge is 2.10. The second kappa shape index (κ2) is 7.82. The Morgan fingerprint density at radius 2 is 2.33 bits per heavy atom. The van der Waals surface area contributed by atoms with Crippen LogP contribution in [0.15, 0.2) is 29.6 Å². The lowest BCUT2D eigenvalue weighted by Crippen LogP contribution is -2.29. The van der Waals surface area contributed by atoms with Crippen molar-refractivity contribution in [3.63, 3.8) is 0 Å². The molecule has 1 aromatic carbocycles. The van der Waals surface area contributed by atoms with Crippen LogP contribution in [0.1, 0.15) is 23.0 Å². The molecule has 0 aliphatic heterocycles. The molecule has 1 heterocycles. The van der Waals surface area contributed by atoms with Crippen LogP contribution >= 0.6 is 34.7 Å². The molecule has 0 aliphatic carbocycles. The Bertz CT molecular complexity index is 615. The number of carbonyl (C=O) groups excluding carboxylic acids is 1. The maximum atomic E-state index is 12.2. The number of halogens is 1. The number of amides is 1. The molecule has 0 spiro atoms. The minimum atomic E-state index is -0.0492. The van der Waals surface area contributed by atoms with Crippen LogP contribution in [0.3, 0.4) is 0 Å². The van der Waals surface area contributed by atoms with Gasteiger partial charge in [0.25, 0.3) is 5.91 Å². The van der Waals surface area contributed by atoms with Crippen molar-refractivity contribution in [2.75, 3.05) is 12.8 Å². The molecule has 0 aliphatic rings. The highest BCUT2D eigenvalue weighted by atomic mass is 35.5. The number of nitrogens with zero attached hydrogens (tertiary/aromatic N) is 1. The maximum absolute atomic E-state index is 12.2. The smallest absolute Gasteiger partial charge is 0.251 e. The van der Waals surface area contributed by atoms with Gasteiger partial charge in [-0.1, -0.05) is 19.1 Å². The fourth-order valence-electron chi connectivity index (χ4n) is 1.72. The summed E-state index contributed by atoms with van der Waals surface area (Å²) in [5.74, 6) is 0.357. The molecule has 21 heavy (non-hydrogen) atoms. The average molecular weight is 341 g/mol. The summed E-state index contributed by atoms with van der Waals surface area (Å²) in [6.45, 7) is 2.75. The van der Waals surface area contributed by atoms with Gasteiger partial charge in [0.15, 0.2) is 0 Å². The molecule has 1 aromatic heterocycles. The van der Waals surface area contributed by atoms with E-state index in [-0.39, 0.29) is 5.91 Å². The number of benzene rings is 1. The van der Waals surface area contributed by atoms with E-state index >= 15 is 0 Å². The van der Waals surface area contributed by atoms with Gasteiger partial charge in [-0.15, -0.1) is 22.9 Å². The van der Waals surface area contributed by atoms with Crippen molar-refractivity contribution in [1.82, 2.24) is 10.3 Å². The van der Waals surface area contributed by atoms with Crippen LogP contribution in [0, 0.1) is 0 Å². The van der Waals surface area contributed by atoms with Crippen molar-refractivity contribution >= 4 is 40.6 Å². The highest BCUT2D eigenvalue weighted by Crippen LogP contribution is 2.25. The van der Waals surface area contributed by atoms with Gasteiger partial charge in [0.2, 0.25) is 0 Å². The Morgan fingerprint density at radius 1 is 1.52 bits per heavy atom. The van der Waals surface area contributed by atoms with Gasteiger partial charge in [0.05, 0.1) is 11.6 Å². The molecule has 2 aromatic rings. The first-order valence-electron chi connectivity index (χ1n) is 6.56. The molecule has 0 bridgehead atoms. The third kappa shape index (κ3) is 4.46. The van der Waals surface area contributed by atoms with Gasteiger partial charge in [0.1, 0.15) is 5.01 Å². The van der Waals surface area contributed by atoms with Crippen LogP contribution < -0.4 is 5.32 Å². The van der Waals surface area contributed by atoms with Crippen LogP contribution in [0.25, 0.3) is 10.6 Å². The Hall–Kier alpha value is -1.04. The molecule has 3 nitrogen and oxygen atoms in total. The number of nitrogens with one attached hydrogen (secondary N) is 1. The van der Waals surface area contributed by atoms with Gasteiger partial charge < -0.3 is 5.32 Å². The summed E-state index contributed by atoms with van der Waals surface area (Å²) in [6, 6.07) is 7.52. The predicted octanol–water partition coefficient (Wildman–Crippen LogP) is 4.03. The van der Waals surface area contributed by atoms with Crippen LogP contribution in [0.5, 0.6) is 0 Å². The number of aromatic nitrogens is 1. The monoisotopic (exact) mass is 340 g/mol. The van der Waals surface area contributed by atoms with E-state index in [1.807, 2.05) is 35.9 Å². The molecular weight excluding hydrogens is 324 g/mol.